The average Bonchev–Trinajstić information content (AvgIpc) is 3.01. The maximum absolute atomic E-state index is 12.8. The van der Waals surface area contributed by atoms with E-state index in [4.69, 9.17) is 0 Å². The SMILES string of the molecule is CCC(C)NC(=O)C(=O)c1c(-c2ccccc2)cc2ccccn12. The van der Waals surface area contributed by atoms with E-state index in [1.807, 2.05) is 74.6 Å². The quantitative estimate of drug-likeness (QED) is 0.575. The van der Waals surface area contributed by atoms with E-state index in [1.54, 1.807) is 4.40 Å². The standard InChI is InChI=1S/C20H20N2O2/c1-3-14(2)21-20(24)19(23)18-17(15-9-5-4-6-10-15)13-16-11-7-8-12-22(16)18/h4-14H,3H2,1-2H3,(H,21,24). The fourth-order valence-electron chi connectivity index (χ4n) is 2.69. The molecule has 0 aliphatic carbocycles. The number of hydrogen-bond acceptors (Lipinski definition) is 2. The second-order valence-electron chi connectivity index (χ2n) is 5.88. The van der Waals surface area contributed by atoms with Gasteiger partial charge in [0, 0.05) is 23.3 Å². The van der Waals surface area contributed by atoms with Gasteiger partial charge in [-0.1, -0.05) is 43.3 Å². The lowest BCUT2D eigenvalue weighted by Crippen LogP contribution is -2.37. The van der Waals surface area contributed by atoms with Crippen molar-refractivity contribution in [3.8, 4) is 11.1 Å². The first-order valence-electron chi connectivity index (χ1n) is 8.12. The average molecular weight is 320 g/mol. The van der Waals surface area contributed by atoms with E-state index in [9.17, 15) is 9.59 Å². The Balaban J connectivity index is 2.12. The van der Waals surface area contributed by atoms with Crippen molar-refractivity contribution in [3.63, 3.8) is 0 Å². The van der Waals surface area contributed by atoms with Crippen LogP contribution in [0.3, 0.4) is 0 Å². The molecule has 4 nitrogen and oxygen atoms in total. The van der Waals surface area contributed by atoms with Gasteiger partial charge in [0.2, 0.25) is 0 Å². The Hall–Kier alpha value is -2.88. The number of carbonyl (C=O) groups is 2. The highest BCUT2D eigenvalue weighted by atomic mass is 16.2. The summed E-state index contributed by atoms with van der Waals surface area (Å²) in [5.74, 6) is -1.08. The van der Waals surface area contributed by atoms with Gasteiger partial charge in [0.1, 0.15) is 5.69 Å². The molecule has 1 atom stereocenters. The number of hydrogen-bond donors (Lipinski definition) is 1. The smallest absolute Gasteiger partial charge is 0.294 e. The van der Waals surface area contributed by atoms with E-state index in [0.29, 0.717) is 5.69 Å². The molecular weight excluding hydrogens is 300 g/mol. The van der Waals surface area contributed by atoms with E-state index in [1.165, 1.54) is 0 Å². The van der Waals surface area contributed by atoms with E-state index < -0.39 is 11.7 Å². The van der Waals surface area contributed by atoms with Gasteiger partial charge in [-0.15, -0.1) is 0 Å². The van der Waals surface area contributed by atoms with Crippen LogP contribution < -0.4 is 5.32 Å². The highest BCUT2D eigenvalue weighted by Gasteiger charge is 2.25. The van der Waals surface area contributed by atoms with Crippen LogP contribution in [0.25, 0.3) is 16.6 Å². The monoisotopic (exact) mass is 320 g/mol. The molecule has 1 N–H and O–H groups in total. The normalized spacial score (nSPS) is 12.1. The second-order valence-corrected chi connectivity index (χ2v) is 5.88. The molecule has 24 heavy (non-hydrogen) atoms. The van der Waals surface area contributed by atoms with Crippen molar-refractivity contribution in [2.24, 2.45) is 0 Å². The molecule has 122 valence electrons. The molecule has 3 rings (SSSR count). The summed E-state index contributed by atoms with van der Waals surface area (Å²) < 4.78 is 1.78. The molecule has 0 bridgehead atoms. The van der Waals surface area contributed by atoms with Crippen molar-refractivity contribution in [2.75, 3.05) is 0 Å². The summed E-state index contributed by atoms with van der Waals surface area (Å²) in [6, 6.07) is 17.3. The number of ketones is 1. The van der Waals surface area contributed by atoms with Crippen LogP contribution in [0.2, 0.25) is 0 Å². The lowest BCUT2D eigenvalue weighted by Gasteiger charge is -2.11. The van der Waals surface area contributed by atoms with Crippen molar-refractivity contribution >= 4 is 17.2 Å². The van der Waals surface area contributed by atoms with Crippen LogP contribution in [0.5, 0.6) is 0 Å². The van der Waals surface area contributed by atoms with Crippen LogP contribution >= 0.6 is 0 Å². The third-order valence-electron chi connectivity index (χ3n) is 4.18. The van der Waals surface area contributed by atoms with E-state index in [-0.39, 0.29) is 6.04 Å². The fourth-order valence-corrected chi connectivity index (χ4v) is 2.69. The number of rotatable bonds is 5. The number of fused-ring (bicyclic) bond motifs is 1. The largest absolute Gasteiger partial charge is 0.347 e. The van der Waals surface area contributed by atoms with Crippen molar-refractivity contribution in [2.45, 2.75) is 26.3 Å². The predicted octanol–water partition coefficient (Wildman–Crippen LogP) is 3.70. The highest BCUT2D eigenvalue weighted by Crippen LogP contribution is 2.28. The van der Waals surface area contributed by atoms with Crippen molar-refractivity contribution in [3.05, 3.63) is 66.5 Å². The van der Waals surface area contributed by atoms with Crippen LogP contribution in [0, 0.1) is 0 Å². The number of benzene rings is 1. The van der Waals surface area contributed by atoms with Gasteiger partial charge in [-0.2, -0.15) is 0 Å². The minimum absolute atomic E-state index is 0.0344. The molecule has 2 heterocycles. The van der Waals surface area contributed by atoms with Gasteiger partial charge in [-0.05, 0) is 37.1 Å². The Morgan fingerprint density at radius 2 is 1.79 bits per heavy atom. The number of carbonyl (C=O) groups excluding carboxylic acids is 2. The summed E-state index contributed by atoms with van der Waals surface area (Å²) in [5.41, 5.74) is 2.97. The molecular formula is C20H20N2O2. The maximum Gasteiger partial charge on any atom is 0.294 e. The third-order valence-corrected chi connectivity index (χ3v) is 4.18. The molecule has 0 aliphatic rings. The molecule has 0 aliphatic heterocycles. The first-order valence-corrected chi connectivity index (χ1v) is 8.12. The minimum atomic E-state index is -0.564. The topological polar surface area (TPSA) is 50.6 Å². The number of pyridine rings is 1. The van der Waals surface area contributed by atoms with Crippen LogP contribution in [-0.4, -0.2) is 22.1 Å². The van der Waals surface area contributed by atoms with Gasteiger partial charge in [0.25, 0.3) is 11.7 Å². The summed E-state index contributed by atoms with van der Waals surface area (Å²) in [7, 11) is 0. The van der Waals surface area contributed by atoms with Gasteiger partial charge in [0.15, 0.2) is 0 Å². The van der Waals surface area contributed by atoms with E-state index in [0.717, 1.165) is 23.1 Å². The van der Waals surface area contributed by atoms with Gasteiger partial charge in [-0.25, -0.2) is 0 Å². The molecule has 1 amide bonds. The molecule has 0 spiro atoms. The lowest BCUT2D eigenvalue weighted by atomic mass is 10.0. The number of Topliss-reactive ketones (excluding diaryl/α,β-unsaturated/α-hetero) is 1. The van der Waals surface area contributed by atoms with Crippen LogP contribution in [-0.2, 0) is 4.79 Å². The number of aromatic nitrogens is 1. The summed E-state index contributed by atoms with van der Waals surface area (Å²) >= 11 is 0. The first-order chi connectivity index (χ1) is 11.6. The molecule has 4 heteroatoms. The summed E-state index contributed by atoms with van der Waals surface area (Å²) in [6.07, 6.45) is 2.59. The number of nitrogens with one attached hydrogen (secondary N) is 1. The highest BCUT2D eigenvalue weighted by molar-refractivity contribution is 6.43. The van der Waals surface area contributed by atoms with Gasteiger partial charge in [0.05, 0.1) is 0 Å². The Morgan fingerprint density at radius 1 is 1.08 bits per heavy atom. The lowest BCUT2D eigenvalue weighted by molar-refractivity contribution is -0.117. The maximum atomic E-state index is 12.8. The van der Waals surface area contributed by atoms with E-state index >= 15 is 0 Å². The van der Waals surface area contributed by atoms with Crippen LogP contribution in [0.4, 0.5) is 0 Å². The fraction of sp³-hybridized carbons (Fsp3) is 0.200. The summed E-state index contributed by atoms with van der Waals surface area (Å²) in [6.45, 7) is 3.86. The van der Waals surface area contributed by atoms with Gasteiger partial charge in [-0.3, -0.25) is 9.59 Å². The molecule has 0 saturated heterocycles. The van der Waals surface area contributed by atoms with Crippen molar-refractivity contribution in [1.82, 2.24) is 9.72 Å². The van der Waals surface area contributed by atoms with Crippen LogP contribution in [0.1, 0.15) is 30.8 Å². The van der Waals surface area contributed by atoms with Crippen molar-refractivity contribution in [1.29, 1.82) is 0 Å². The Morgan fingerprint density at radius 3 is 2.50 bits per heavy atom. The summed E-state index contributed by atoms with van der Waals surface area (Å²) in [4.78, 5) is 25.2. The number of amides is 1. The predicted molar refractivity (Wildman–Crippen MR) is 95.1 cm³/mol. The number of nitrogens with zero attached hydrogens (tertiary/aromatic N) is 1. The molecule has 0 fully saturated rings. The molecule has 3 aromatic rings. The molecule has 0 radical (unpaired) electrons. The molecule has 1 aromatic carbocycles. The Kier molecular flexibility index (Phi) is 4.47. The summed E-state index contributed by atoms with van der Waals surface area (Å²) in [5, 5.41) is 2.76. The zero-order chi connectivity index (χ0) is 17.1. The van der Waals surface area contributed by atoms with Gasteiger partial charge >= 0.3 is 0 Å². The van der Waals surface area contributed by atoms with E-state index in [2.05, 4.69) is 5.32 Å². The van der Waals surface area contributed by atoms with Crippen molar-refractivity contribution < 1.29 is 9.59 Å². The Bertz CT molecular complexity index is 881. The molecule has 2 aromatic heterocycles. The first kappa shape index (κ1) is 16.0. The Labute approximate surface area is 141 Å². The van der Waals surface area contributed by atoms with Crippen LogP contribution in [0.15, 0.2) is 60.8 Å². The minimum Gasteiger partial charge on any atom is -0.347 e. The van der Waals surface area contributed by atoms with Gasteiger partial charge < -0.3 is 9.72 Å². The molecule has 0 saturated carbocycles. The third kappa shape index (κ3) is 2.95. The zero-order valence-electron chi connectivity index (χ0n) is 13.8. The molecule has 1 unspecified atom stereocenters. The second kappa shape index (κ2) is 6.71. The zero-order valence-corrected chi connectivity index (χ0v) is 13.8.